The number of benzene rings is 1. The lowest BCUT2D eigenvalue weighted by atomic mass is 9.82. The second kappa shape index (κ2) is 6.10. The number of carboxylic acid groups (broad SMARTS) is 1. The fourth-order valence-corrected chi connectivity index (χ4v) is 4.19. The molecule has 1 aromatic carbocycles. The maximum absolute atomic E-state index is 12.9. The number of para-hydroxylation sites is 2. The Kier molecular flexibility index (Phi) is 3.90. The number of carboxylic acids is 1. The van der Waals surface area contributed by atoms with Gasteiger partial charge in [0, 0.05) is 12.3 Å². The van der Waals surface area contributed by atoms with Crippen LogP contribution in [0.25, 0.3) is 11.0 Å². The smallest absolute Gasteiger partial charge is 0.360 e. The third kappa shape index (κ3) is 2.75. The lowest BCUT2D eigenvalue weighted by Crippen LogP contribution is -2.34. The molecule has 3 heterocycles. The van der Waals surface area contributed by atoms with Crippen LogP contribution in [0, 0.1) is 11.8 Å². The van der Waals surface area contributed by atoms with Crippen molar-refractivity contribution in [3.05, 3.63) is 40.3 Å². The van der Waals surface area contributed by atoms with Gasteiger partial charge >= 0.3 is 5.97 Å². The van der Waals surface area contributed by atoms with Crippen LogP contribution in [0.5, 0.6) is 0 Å². The Morgan fingerprint density at radius 1 is 1.24 bits per heavy atom. The van der Waals surface area contributed by atoms with E-state index in [2.05, 4.69) is 18.1 Å². The topological polar surface area (TPSA) is 84.5 Å². The highest BCUT2D eigenvalue weighted by Gasteiger charge is 2.33. The molecule has 0 radical (unpaired) electrons. The molecule has 4 atom stereocenters. The van der Waals surface area contributed by atoms with E-state index in [1.807, 2.05) is 18.2 Å². The number of aromatic nitrogens is 2. The van der Waals surface area contributed by atoms with Crippen LogP contribution >= 0.6 is 0 Å². The predicted octanol–water partition coefficient (Wildman–Crippen LogP) is 2.92. The van der Waals surface area contributed by atoms with E-state index in [4.69, 9.17) is 4.99 Å². The summed E-state index contributed by atoms with van der Waals surface area (Å²) in [5.74, 6) is -0.424. The molecule has 2 bridgehead atoms. The molecule has 0 spiro atoms. The molecule has 25 heavy (non-hydrogen) atoms. The SMILES string of the molecule is CC1CCC2CC(n3c(=O)c(C(=O)O)nc4ccccc43)CC1C=N2. The largest absolute Gasteiger partial charge is 0.476 e. The van der Waals surface area contributed by atoms with Crippen molar-refractivity contribution in [2.75, 3.05) is 0 Å². The second-order valence-electron chi connectivity index (χ2n) is 7.23. The molecule has 1 aromatic heterocycles. The van der Waals surface area contributed by atoms with E-state index < -0.39 is 17.2 Å². The van der Waals surface area contributed by atoms with Crippen LogP contribution in [0.15, 0.2) is 34.1 Å². The Bertz CT molecular complexity index is 918. The molecule has 2 aromatic rings. The minimum Gasteiger partial charge on any atom is -0.476 e. The Hall–Kier alpha value is -2.50. The maximum Gasteiger partial charge on any atom is 0.360 e. The zero-order chi connectivity index (χ0) is 17.6. The third-order valence-corrected chi connectivity index (χ3v) is 5.63. The Balaban J connectivity index is 1.90. The summed E-state index contributed by atoms with van der Waals surface area (Å²) in [6.45, 7) is 2.23. The number of hydrogen-bond donors (Lipinski definition) is 1. The van der Waals surface area contributed by atoms with Crippen molar-refractivity contribution < 1.29 is 9.90 Å². The highest BCUT2D eigenvalue weighted by Crippen LogP contribution is 2.37. The van der Waals surface area contributed by atoms with E-state index in [0.29, 0.717) is 22.9 Å². The summed E-state index contributed by atoms with van der Waals surface area (Å²) >= 11 is 0. The maximum atomic E-state index is 12.9. The van der Waals surface area contributed by atoms with Gasteiger partial charge in [0.25, 0.3) is 5.56 Å². The average molecular weight is 339 g/mol. The minimum atomic E-state index is -1.28. The molecule has 2 aliphatic heterocycles. The van der Waals surface area contributed by atoms with Gasteiger partial charge in [0.15, 0.2) is 0 Å². The number of rotatable bonds is 2. The van der Waals surface area contributed by atoms with E-state index in [0.717, 1.165) is 25.7 Å². The number of fused-ring (bicyclic) bond motifs is 3. The first-order valence-electron chi connectivity index (χ1n) is 8.82. The molecule has 4 unspecified atom stereocenters. The molecule has 6 heteroatoms. The summed E-state index contributed by atoms with van der Waals surface area (Å²) in [6, 6.07) is 7.42. The molecule has 1 N–H and O–H groups in total. The standard InChI is InChI=1S/C19H21N3O3/c1-11-6-7-13-9-14(8-12(11)10-20-13)22-16-5-3-2-4-15(16)21-17(18(22)23)19(24)25/h2-5,10-14H,6-9H2,1H3,(H,24,25). The van der Waals surface area contributed by atoms with Gasteiger partial charge in [-0.05, 0) is 49.7 Å². The number of carbonyl (C=O) groups is 1. The van der Waals surface area contributed by atoms with Crippen LogP contribution < -0.4 is 5.56 Å². The Morgan fingerprint density at radius 2 is 2.04 bits per heavy atom. The number of nitrogens with zero attached hydrogens (tertiary/aromatic N) is 3. The molecular weight excluding hydrogens is 318 g/mol. The molecular formula is C19H21N3O3. The number of hydrogen-bond acceptors (Lipinski definition) is 4. The van der Waals surface area contributed by atoms with E-state index >= 15 is 0 Å². The first-order valence-corrected chi connectivity index (χ1v) is 8.82. The first kappa shape index (κ1) is 16.0. The van der Waals surface area contributed by atoms with Crippen LogP contribution in [-0.2, 0) is 0 Å². The monoisotopic (exact) mass is 339 g/mol. The van der Waals surface area contributed by atoms with Gasteiger partial charge in [-0.15, -0.1) is 0 Å². The molecule has 130 valence electrons. The molecule has 6 nitrogen and oxygen atoms in total. The van der Waals surface area contributed by atoms with Gasteiger partial charge < -0.3 is 9.67 Å². The van der Waals surface area contributed by atoms with Crippen molar-refractivity contribution in [3.8, 4) is 0 Å². The molecule has 0 fully saturated rings. The van der Waals surface area contributed by atoms with Gasteiger partial charge in [-0.1, -0.05) is 19.1 Å². The van der Waals surface area contributed by atoms with Gasteiger partial charge in [0.2, 0.25) is 5.69 Å². The third-order valence-electron chi connectivity index (χ3n) is 5.63. The van der Waals surface area contributed by atoms with Gasteiger partial charge in [-0.25, -0.2) is 9.78 Å². The van der Waals surface area contributed by atoms with Crippen LogP contribution in [0.2, 0.25) is 0 Å². The van der Waals surface area contributed by atoms with Crippen molar-refractivity contribution in [1.29, 1.82) is 0 Å². The van der Waals surface area contributed by atoms with Gasteiger partial charge in [-0.3, -0.25) is 9.79 Å². The first-order chi connectivity index (χ1) is 12.0. The van der Waals surface area contributed by atoms with Crippen LogP contribution in [0.4, 0.5) is 0 Å². The molecule has 0 aliphatic carbocycles. The summed E-state index contributed by atoms with van der Waals surface area (Å²) in [4.78, 5) is 33.2. The Morgan fingerprint density at radius 3 is 2.84 bits per heavy atom. The predicted molar refractivity (Wildman–Crippen MR) is 95.4 cm³/mol. The zero-order valence-corrected chi connectivity index (χ0v) is 14.1. The zero-order valence-electron chi connectivity index (χ0n) is 14.1. The summed E-state index contributed by atoms with van der Waals surface area (Å²) in [5.41, 5.74) is 0.337. The molecule has 4 rings (SSSR count). The number of aromatic carboxylic acids is 1. The molecule has 0 saturated carbocycles. The van der Waals surface area contributed by atoms with Crippen LogP contribution in [0.3, 0.4) is 0 Å². The van der Waals surface area contributed by atoms with Crippen molar-refractivity contribution in [3.63, 3.8) is 0 Å². The molecule has 0 amide bonds. The summed E-state index contributed by atoms with van der Waals surface area (Å²) in [5, 5.41) is 9.41. The van der Waals surface area contributed by atoms with Gasteiger partial charge in [-0.2, -0.15) is 0 Å². The fraction of sp³-hybridized carbons (Fsp3) is 0.474. The average Bonchev–Trinajstić information content (AvgIpc) is 2.90. The minimum absolute atomic E-state index is 0.0567. The van der Waals surface area contributed by atoms with E-state index in [1.165, 1.54) is 0 Å². The molecule has 0 saturated heterocycles. The van der Waals surface area contributed by atoms with Crippen molar-refractivity contribution in [1.82, 2.24) is 9.55 Å². The second-order valence-corrected chi connectivity index (χ2v) is 7.23. The summed E-state index contributed by atoms with van der Waals surface area (Å²) in [7, 11) is 0. The van der Waals surface area contributed by atoms with Crippen molar-refractivity contribution >= 4 is 23.2 Å². The quantitative estimate of drug-likeness (QED) is 0.912. The van der Waals surface area contributed by atoms with Crippen LogP contribution in [-0.4, -0.2) is 32.9 Å². The fourth-order valence-electron chi connectivity index (χ4n) is 4.19. The highest BCUT2D eigenvalue weighted by molar-refractivity contribution is 5.88. The van der Waals surface area contributed by atoms with Crippen LogP contribution in [0.1, 0.15) is 49.1 Å². The summed E-state index contributed by atoms with van der Waals surface area (Å²) in [6.07, 6.45) is 5.82. The normalized spacial score (nSPS) is 28.7. The lowest BCUT2D eigenvalue weighted by molar-refractivity contribution is 0.0687. The molecule has 2 aliphatic rings. The van der Waals surface area contributed by atoms with E-state index in [-0.39, 0.29) is 12.1 Å². The van der Waals surface area contributed by atoms with Crippen molar-refractivity contribution in [2.45, 2.75) is 44.7 Å². The lowest BCUT2D eigenvalue weighted by Gasteiger charge is -2.29. The van der Waals surface area contributed by atoms with Gasteiger partial charge in [0.05, 0.1) is 17.1 Å². The van der Waals surface area contributed by atoms with E-state index in [9.17, 15) is 14.7 Å². The van der Waals surface area contributed by atoms with Crippen molar-refractivity contribution in [2.24, 2.45) is 16.8 Å². The Labute approximate surface area is 145 Å². The number of aliphatic imine (C=N–C) groups is 1. The van der Waals surface area contributed by atoms with E-state index in [1.54, 1.807) is 10.6 Å². The van der Waals surface area contributed by atoms with Gasteiger partial charge in [0.1, 0.15) is 0 Å². The highest BCUT2D eigenvalue weighted by atomic mass is 16.4. The summed E-state index contributed by atoms with van der Waals surface area (Å²) < 4.78 is 1.67.